The summed E-state index contributed by atoms with van der Waals surface area (Å²) in [6.07, 6.45) is 0.164. The topological polar surface area (TPSA) is 86.8 Å². The average Bonchev–Trinajstić information content (AvgIpc) is 3.02. The van der Waals surface area contributed by atoms with Crippen molar-refractivity contribution < 1.29 is 22.4 Å². The average molecular weight is 685 g/mol. The molecule has 0 aromatic heterocycles. The van der Waals surface area contributed by atoms with Crippen LogP contribution in [0.4, 0.5) is 10.1 Å². The summed E-state index contributed by atoms with van der Waals surface area (Å²) in [5.74, 6) is -1.48. The van der Waals surface area contributed by atoms with Crippen LogP contribution in [0.2, 0.25) is 10.0 Å². The minimum Gasteiger partial charge on any atom is -0.354 e. The van der Waals surface area contributed by atoms with E-state index in [-0.39, 0.29) is 35.4 Å². The van der Waals surface area contributed by atoms with Gasteiger partial charge in [0.1, 0.15) is 18.4 Å². The van der Waals surface area contributed by atoms with Crippen LogP contribution in [0.15, 0.2) is 102 Å². The third-order valence-corrected chi connectivity index (χ3v) is 9.69. The van der Waals surface area contributed by atoms with Crippen LogP contribution in [0.3, 0.4) is 0 Å². The molecule has 11 heteroatoms. The molecule has 0 bridgehead atoms. The van der Waals surface area contributed by atoms with E-state index < -0.39 is 34.3 Å². The van der Waals surface area contributed by atoms with Crippen molar-refractivity contribution in [3.05, 3.63) is 130 Å². The van der Waals surface area contributed by atoms with E-state index in [1.165, 1.54) is 4.90 Å². The van der Waals surface area contributed by atoms with Gasteiger partial charge in [0.15, 0.2) is 0 Å². The Morgan fingerprint density at radius 3 is 2.15 bits per heavy atom. The fourth-order valence-electron chi connectivity index (χ4n) is 4.78. The first-order valence-corrected chi connectivity index (χ1v) is 16.9. The number of rotatable bonds is 13. The van der Waals surface area contributed by atoms with Crippen molar-refractivity contribution in [3.8, 4) is 0 Å². The molecule has 4 rings (SSSR count). The highest BCUT2D eigenvalue weighted by atomic mass is 35.5. The van der Waals surface area contributed by atoms with Crippen molar-refractivity contribution in [1.29, 1.82) is 0 Å². The van der Waals surface area contributed by atoms with Gasteiger partial charge in [-0.15, -0.1) is 0 Å². The summed E-state index contributed by atoms with van der Waals surface area (Å²) in [6, 6.07) is 24.1. The van der Waals surface area contributed by atoms with Gasteiger partial charge in [-0.3, -0.25) is 13.9 Å². The minimum atomic E-state index is -4.35. The predicted octanol–water partition coefficient (Wildman–Crippen LogP) is 7.05. The Hall–Kier alpha value is -3.92. The lowest BCUT2D eigenvalue weighted by molar-refractivity contribution is -0.140. The third-order valence-electron chi connectivity index (χ3n) is 7.31. The third kappa shape index (κ3) is 9.09. The molecular formula is C35H36Cl2FN3O4S. The molecule has 0 saturated heterocycles. The Bertz CT molecular complexity index is 1750. The van der Waals surface area contributed by atoms with Crippen LogP contribution in [-0.2, 0) is 32.6 Å². The largest absolute Gasteiger partial charge is 0.354 e. The number of nitrogens with one attached hydrogen (secondary N) is 1. The molecule has 0 aliphatic rings. The zero-order valence-electron chi connectivity index (χ0n) is 25.8. The molecule has 4 aromatic rings. The molecule has 4 aromatic carbocycles. The molecule has 46 heavy (non-hydrogen) atoms. The monoisotopic (exact) mass is 683 g/mol. The standard InChI is InChI=1S/C35H36Cl2FN3O4S/c1-24(2)21-39-35(43)33(19-26-7-5-4-6-8-26)40(22-27-11-12-28(36)20-32(27)37)34(42)23-41(30-15-9-25(3)10-16-30)46(44,45)31-17-13-29(38)14-18-31/h4-18,20,24,33H,19,21-23H2,1-3H3,(H,39,43). The number of aryl methyl sites for hydroxylation is 1. The molecule has 2 amide bonds. The summed E-state index contributed by atoms with van der Waals surface area (Å²) >= 11 is 12.7. The summed E-state index contributed by atoms with van der Waals surface area (Å²) in [6.45, 7) is 5.42. The minimum absolute atomic E-state index is 0.0975. The van der Waals surface area contributed by atoms with Crippen LogP contribution >= 0.6 is 23.2 Å². The number of halogens is 3. The van der Waals surface area contributed by atoms with Crippen molar-refractivity contribution in [2.75, 3.05) is 17.4 Å². The molecule has 0 aliphatic heterocycles. The number of sulfonamides is 1. The summed E-state index contributed by atoms with van der Waals surface area (Å²) in [4.78, 5) is 29.5. The zero-order chi connectivity index (χ0) is 33.4. The second-order valence-electron chi connectivity index (χ2n) is 11.4. The number of benzene rings is 4. The maximum Gasteiger partial charge on any atom is 0.264 e. The van der Waals surface area contributed by atoms with Crippen molar-refractivity contribution >= 4 is 50.7 Å². The number of anilines is 1. The Balaban J connectivity index is 1.81. The van der Waals surface area contributed by atoms with Gasteiger partial charge in [0.05, 0.1) is 10.6 Å². The predicted molar refractivity (Wildman–Crippen MR) is 181 cm³/mol. The number of hydrogen-bond acceptors (Lipinski definition) is 4. The van der Waals surface area contributed by atoms with Crippen molar-refractivity contribution in [2.24, 2.45) is 5.92 Å². The van der Waals surface area contributed by atoms with Crippen LogP contribution in [-0.4, -0.2) is 44.3 Å². The molecule has 242 valence electrons. The van der Waals surface area contributed by atoms with E-state index in [2.05, 4.69) is 5.32 Å². The van der Waals surface area contributed by atoms with Gasteiger partial charge < -0.3 is 10.2 Å². The van der Waals surface area contributed by atoms with Gasteiger partial charge in [0, 0.05) is 29.6 Å². The first-order valence-electron chi connectivity index (χ1n) is 14.7. The van der Waals surface area contributed by atoms with E-state index in [9.17, 15) is 22.4 Å². The van der Waals surface area contributed by atoms with Gasteiger partial charge in [-0.25, -0.2) is 12.8 Å². The molecule has 1 N–H and O–H groups in total. The van der Waals surface area contributed by atoms with Gasteiger partial charge in [0.25, 0.3) is 10.0 Å². The molecule has 0 heterocycles. The van der Waals surface area contributed by atoms with Crippen molar-refractivity contribution in [1.82, 2.24) is 10.2 Å². The van der Waals surface area contributed by atoms with Crippen LogP contribution in [0.1, 0.15) is 30.5 Å². The zero-order valence-corrected chi connectivity index (χ0v) is 28.1. The second-order valence-corrected chi connectivity index (χ2v) is 14.1. The summed E-state index contributed by atoms with van der Waals surface area (Å²) in [5.41, 5.74) is 2.45. The maximum atomic E-state index is 14.5. The van der Waals surface area contributed by atoms with Crippen LogP contribution < -0.4 is 9.62 Å². The fourth-order valence-corrected chi connectivity index (χ4v) is 6.67. The highest BCUT2D eigenvalue weighted by molar-refractivity contribution is 7.92. The number of carbonyl (C=O) groups excluding carboxylic acids is 2. The number of nitrogens with zero attached hydrogens (tertiary/aromatic N) is 2. The Morgan fingerprint density at radius 2 is 1.54 bits per heavy atom. The van der Waals surface area contributed by atoms with Gasteiger partial charge in [-0.1, -0.05) is 91.1 Å². The molecule has 0 radical (unpaired) electrons. The summed E-state index contributed by atoms with van der Waals surface area (Å²) in [5, 5.41) is 3.64. The van der Waals surface area contributed by atoms with E-state index in [0.29, 0.717) is 22.2 Å². The van der Waals surface area contributed by atoms with E-state index in [1.807, 2.05) is 51.1 Å². The number of amides is 2. The fraction of sp³-hybridized carbons (Fsp3) is 0.257. The van der Waals surface area contributed by atoms with E-state index in [4.69, 9.17) is 23.2 Å². The summed E-state index contributed by atoms with van der Waals surface area (Å²) in [7, 11) is -4.35. The lowest BCUT2D eigenvalue weighted by Crippen LogP contribution is -2.53. The molecule has 0 saturated carbocycles. The number of hydrogen-bond donors (Lipinski definition) is 1. The first kappa shape index (κ1) is 34.9. The van der Waals surface area contributed by atoms with Crippen LogP contribution in [0.25, 0.3) is 0 Å². The first-order chi connectivity index (χ1) is 21.8. The maximum absolute atomic E-state index is 14.5. The van der Waals surface area contributed by atoms with Gasteiger partial charge in [0.2, 0.25) is 11.8 Å². The molecular weight excluding hydrogens is 648 g/mol. The van der Waals surface area contributed by atoms with Gasteiger partial charge in [-0.05, 0) is 72.5 Å². The van der Waals surface area contributed by atoms with E-state index >= 15 is 0 Å². The van der Waals surface area contributed by atoms with E-state index in [0.717, 1.165) is 39.7 Å². The Labute approximate surface area is 280 Å². The van der Waals surface area contributed by atoms with Crippen LogP contribution in [0.5, 0.6) is 0 Å². The highest BCUT2D eigenvalue weighted by Crippen LogP contribution is 2.27. The number of carbonyl (C=O) groups is 2. The SMILES string of the molecule is Cc1ccc(N(CC(=O)N(Cc2ccc(Cl)cc2Cl)C(Cc2ccccc2)C(=O)NCC(C)C)S(=O)(=O)c2ccc(F)cc2)cc1. The van der Waals surface area contributed by atoms with Crippen LogP contribution in [0, 0.1) is 18.7 Å². The Morgan fingerprint density at radius 1 is 0.891 bits per heavy atom. The molecule has 0 fully saturated rings. The highest BCUT2D eigenvalue weighted by Gasteiger charge is 2.35. The van der Waals surface area contributed by atoms with E-state index in [1.54, 1.807) is 42.5 Å². The molecule has 1 unspecified atom stereocenters. The lowest BCUT2D eigenvalue weighted by Gasteiger charge is -2.34. The smallest absolute Gasteiger partial charge is 0.264 e. The molecule has 7 nitrogen and oxygen atoms in total. The summed E-state index contributed by atoms with van der Waals surface area (Å²) < 4.78 is 42.8. The second kappa shape index (κ2) is 15.6. The molecule has 1 atom stereocenters. The molecule has 0 aliphatic carbocycles. The van der Waals surface area contributed by atoms with Gasteiger partial charge >= 0.3 is 0 Å². The van der Waals surface area contributed by atoms with Crippen molar-refractivity contribution in [3.63, 3.8) is 0 Å². The lowest BCUT2D eigenvalue weighted by atomic mass is 10.0. The molecule has 0 spiro atoms. The Kier molecular flexibility index (Phi) is 11.8. The normalized spacial score (nSPS) is 12.1. The van der Waals surface area contributed by atoms with Gasteiger partial charge in [-0.2, -0.15) is 0 Å². The van der Waals surface area contributed by atoms with Crippen molar-refractivity contribution in [2.45, 2.75) is 44.7 Å². The quantitative estimate of drug-likeness (QED) is 0.164.